The summed E-state index contributed by atoms with van der Waals surface area (Å²) in [6.07, 6.45) is 2.72. The van der Waals surface area contributed by atoms with E-state index in [4.69, 9.17) is 0 Å². The fraction of sp³-hybridized carbons (Fsp3) is 1.00. The number of hydrogen-bond acceptors (Lipinski definition) is 4. The van der Waals surface area contributed by atoms with Gasteiger partial charge in [-0.15, -0.1) is 11.8 Å². The maximum atomic E-state index is 11.3. The first-order chi connectivity index (χ1) is 6.55. The Bertz CT molecular complexity index is 299. The van der Waals surface area contributed by atoms with Crippen LogP contribution in [0.2, 0.25) is 0 Å². The van der Waals surface area contributed by atoms with E-state index < -0.39 is 9.84 Å². The third-order valence-corrected chi connectivity index (χ3v) is 6.45. The molecule has 1 spiro atoms. The van der Waals surface area contributed by atoms with Crippen LogP contribution >= 0.6 is 11.8 Å². The smallest absolute Gasteiger partial charge is 0.150 e. The van der Waals surface area contributed by atoms with Crippen molar-refractivity contribution in [2.75, 3.05) is 17.3 Å². The topological polar surface area (TPSA) is 46.2 Å². The van der Waals surface area contributed by atoms with Gasteiger partial charge < -0.3 is 0 Å². The molecule has 0 aliphatic carbocycles. The summed E-state index contributed by atoms with van der Waals surface area (Å²) >= 11 is 1.92. The Hall–Kier alpha value is 0.260. The van der Waals surface area contributed by atoms with Gasteiger partial charge in [0, 0.05) is 11.8 Å². The van der Waals surface area contributed by atoms with Gasteiger partial charge in [0.1, 0.15) is 0 Å². The van der Waals surface area contributed by atoms with E-state index in [1.54, 1.807) is 0 Å². The van der Waals surface area contributed by atoms with Crippen LogP contribution in [0.3, 0.4) is 0 Å². The molecule has 1 unspecified atom stereocenters. The highest BCUT2D eigenvalue weighted by Gasteiger charge is 2.42. The Morgan fingerprint density at radius 1 is 1.43 bits per heavy atom. The summed E-state index contributed by atoms with van der Waals surface area (Å²) in [4.78, 5) is 0.0893. The normalized spacial score (nSPS) is 34.8. The predicted octanol–water partition coefficient (Wildman–Crippen LogP) is 1.01. The van der Waals surface area contributed by atoms with Gasteiger partial charge in [0.05, 0.1) is 16.4 Å². The second-order valence-corrected chi connectivity index (χ2v) is 7.91. The molecule has 2 saturated heterocycles. The van der Waals surface area contributed by atoms with E-state index in [9.17, 15) is 8.42 Å². The number of sulfone groups is 1. The van der Waals surface area contributed by atoms with Gasteiger partial charge in [-0.25, -0.2) is 8.42 Å². The standard InChI is InChI=1S/C9H17NO2S2/c1-2-8-7-13-9(10-8)3-5-14(11,12)6-4-9/h8,10H,2-7H2,1H3. The molecule has 0 aromatic rings. The lowest BCUT2D eigenvalue weighted by molar-refractivity contribution is 0.399. The average Bonchev–Trinajstić information content (AvgIpc) is 2.56. The summed E-state index contributed by atoms with van der Waals surface area (Å²) in [5.74, 6) is 1.86. The van der Waals surface area contributed by atoms with Gasteiger partial charge in [0.25, 0.3) is 0 Å². The first kappa shape index (κ1) is 10.8. The summed E-state index contributed by atoms with van der Waals surface area (Å²) in [7, 11) is -2.72. The van der Waals surface area contributed by atoms with Crippen LogP contribution in [0.25, 0.3) is 0 Å². The quantitative estimate of drug-likeness (QED) is 0.737. The monoisotopic (exact) mass is 235 g/mol. The van der Waals surface area contributed by atoms with Crippen LogP contribution in [0.5, 0.6) is 0 Å². The average molecular weight is 235 g/mol. The lowest BCUT2D eigenvalue weighted by atomic mass is 10.1. The maximum absolute atomic E-state index is 11.3. The van der Waals surface area contributed by atoms with E-state index in [0.29, 0.717) is 17.5 Å². The fourth-order valence-corrected chi connectivity index (χ4v) is 5.46. The zero-order chi connectivity index (χ0) is 10.2. The van der Waals surface area contributed by atoms with Crippen LogP contribution in [-0.2, 0) is 9.84 Å². The van der Waals surface area contributed by atoms with Gasteiger partial charge in [-0.1, -0.05) is 6.92 Å². The molecule has 2 rings (SSSR count). The van der Waals surface area contributed by atoms with Gasteiger partial charge in [0.2, 0.25) is 0 Å². The van der Waals surface area contributed by atoms with Crippen molar-refractivity contribution < 1.29 is 8.42 Å². The van der Waals surface area contributed by atoms with E-state index in [0.717, 1.165) is 25.0 Å². The molecule has 2 fully saturated rings. The van der Waals surface area contributed by atoms with Crippen molar-refractivity contribution in [3.05, 3.63) is 0 Å². The van der Waals surface area contributed by atoms with Crippen molar-refractivity contribution in [3.8, 4) is 0 Å². The summed E-state index contributed by atoms with van der Waals surface area (Å²) in [5.41, 5.74) is 0. The lowest BCUT2D eigenvalue weighted by Gasteiger charge is -2.33. The third-order valence-electron chi connectivity index (χ3n) is 3.15. The highest BCUT2D eigenvalue weighted by Crippen LogP contribution is 2.40. The van der Waals surface area contributed by atoms with Gasteiger partial charge in [0.15, 0.2) is 9.84 Å². The molecule has 0 radical (unpaired) electrons. The largest absolute Gasteiger partial charge is 0.299 e. The zero-order valence-electron chi connectivity index (χ0n) is 8.45. The molecule has 0 aromatic carbocycles. The Labute approximate surface area is 89.9 Å². The highest BCUT2D eigenvalue weighted by molar-refractivity contribution is 8.01. The first-order valence-electron chi connectivity index (χ1n) is 5.17. The molecular weight excluding hydrogens is 218 g/mol. The minimum Gasteiger partial charge on any atom is -0.299 e. The minimum absolute atomic E-state index is 0.0893. The Morgan fingerprint density at radius 3 is 2.57 bits per heavy atom. The van der Waals surface area contributed by atoms with Crippen LogP contribution in [-0.4, -0.2) is 36.6 Å². The van der Waals surface area contributed by atoms with Gasteiger partial charge in [-0.2, -0.15) is 0 Å². The van der Waals surface area contributed by atoms with Crippen molar-refractivity contribution in [1.29, 1.82) is 0 Å². The number of rotatable bonds is 1. The van der Waals surface area contributed by atoms with E-state index in [2.05, 4.69) is 12.2 Å². The molecule has 2 heterocycles. The lowest BCUT2D eigenvalue weighted by Crippen LogP contribution is -2.47. The van der Waals surface area contributed by atoms with Crippen LogP contribution in [0, 0.1) is 0 Å². The van der Waals surface area contributed by atoms with Crippen molar-refractivity contribution in [2.24, 2.45) is 0 Å². The molecule has 14 heavy (non-hydrogen) atoms. The highest BCUT2D eigenvalue weighted by atomic mass is 32.2. The minimum atomic E-state index is -2.72. The van der Waals surface area contributed by atoms with E-state index >= 15 is 0 Å². The Morgan fingerprint density at radius 2 is 2.07 bits per heavy atom. The van der Waals surface area contributed by atoms with Crippen molar-refractivity contribution in [1.82, 2.24) is 5.32 Å². The second-order valence-electron chi connectivity index (χ2n) is 4.21. The molecule has 0 aromatic heterocycles. The molecule has 0 saturated carbocycles. The molecule has 1 atom stereocenters. The first-order valence-corrected chi connectivity index (χ1v) is 7.98. The van der Waals surface area contributed by atoms with Crippen molar-refractivity contribution in [3.63, 3.8) is 0 Å². The van der Waals surface area contributed by atoms with Crippen LogP contribution in [0.4, 0.5) is 0 Å². The second kappa shape index (κ2) is 3.68. The van der Waals surface area contributed by atoms with Gasteiger partial charge >= 0.3 is 0 Å². The molecular formula is C9H17NO2S2. The van der Waals surface area contributed by atoms with Gasteiger partial charge in [-0.05, 0) is 19.3 Å². The summed E-state index contributed by atoms with van der Waals surface area (Å²) in [5, 5.41) is 3.59. The molecule has 2 aliphatic heterocycles. The third kappa shape index (κ3) is 2.09. The number of hydrogen-bond donors (Lipinski definition) is 1. The molecule has 3 nitrogen and oxygen atoms in total. The van der Waals surface area contributed by atoms with E-state index in [1.165, 1.54) is 0 Å². The Kier molecular flexibility index (Phi) is 2.83. The van der Waals surface area contributed by atoms with Crippen molar-refractivity contribution >= 4 is 21.6 Å². The molecule has 0 bridgehead atoms. The predicted molar refractivity (Wildman–Crippen MR) is 60.3 cm³/mol. The van der Waals surface area contributed by atoms with E-state index in [1.807, 2.05) is 11.8 Å². The molecule has 1 N–H and O–H groups in total. The number of thioether (sulfide) groups is 1. The van der Waals surface area contributed by atoms with Crippen LogP contribution in [0.15, 0.2) is 0 Å². The van der Waals surface area contributed by atoms with Crippen LogP contribution < -0.4 is 5.32 Å². The fourth-order valence-electron chi connectivity index (χ4n) is 2.09. The van der Waals surface area contributed by atoms with Crippen LogP contribution in [0.1, 0.15) is 26.2 Å². The molecule has 2 aliphatic rings. The van der Waals surface area contributed by atoms with Gasteiger partial charge in [-0.3, -0.25) is 5.32 Å². The molecule has 5 heteroatoms. The SMILES string of the molecule is CCC1CSC2(CCS(=O)(=O)CC2)N1. The van der Waals surface area contributed by atoms with Crippen molar-refractivity contribution in [2.45, 2.75) is 37.1 Å². The molecule has 82 valence electrons. The van der Waals surface area contributed by atoms with E-state index in [-0.39, 0.29) is 4.87 Å². The number of nitrogens with one attached hydrogen (secondary N) is 1. The maximum Gasteiger partial charge on any atom is 0.150 e. The summed E-state index contributed by atoms with van der Waals surface area (Å²) in [6, 6.07) is 0.584. The summed E-state index contributed by atoms with van der Waals surface area (Å²) in [6.45, 7) is 2.18. The zero-order valence-corrected chi connectivity index (χ0v) is 10.1. The molecule has 0 amide bonds. The Balaban J connectivity index is 2.01. The summed E-state index contributed by atoms with van der Waals surface area (Å²) < 4.78 is 22.6.